The molecule has 0 bridgehead atoms. The zero-order chi connectivity index (χ0) is 18.0. The molecule has 0 radical (unpaired) electrons. The molecule has 0 fully saturated rings. The largest absolute Gasteiger partial charge is 0.480 e. The Kier molecular flexibility index (Phi) is 10.1. The summed E-state index contributed by atoms with van der Waals surface area (Å²) in [6, 6.07) is -0.832. The van der Waals surface area contributed by atoms with Crippen molar-refractivity contribution in [3.63, 3.8) is 0 Å². The molecular formula is C18H36N2O3. The molecule has 0 aliphatic rings. The van der Waals surface area contributed by atoms with E-state index in [2.05, 4.69) is 24.1 Å². The van der Waals surface area contributed by atoms with Crippen molar-refractivity contribution in [2.45, 2.75) is 73.3 Å². The molecule has 1 amide bonds. The number of carboxylic acid groups (broad SMARTS) is 1. The highest BCUT2D eigenvalue weighted by atomic mass is 16.4. The number of hydrogen-bond acceptors (Lipinski definition) is 3. The smallest absolute Gasteiger partial charge is 0.326 e. The molecule has 1 unspecified atom stereocenters. The van der Waals surface area contributed by atoms with Crippen molar-refractivity contribution in [3.8, 4) is 0 Å². The first-order valence-electron chi connectivity index (χ1n) is 8.91. The molecule has 2 N–H and O–H groups in total. The Bertz CT molecular complexity index is 359. The van der Waals surface area contributed by atoms with Crippen molar-refractivity contribution < 1.29 is 14.7 Å². The maximum atomic E-state index is 12.6. The second-order valence-electron chi connectivity index (χ2n) is 7.40. The third-order valence-electron chi connectivity index (χ3n) is 4.11. The molecule has 5 heteroatoms. The molecule has 0 aromatic carbocycles. The molecule has 1 atom stereocenters. The van der Waals surface area contributed by atoms with E-state index in [-0.39, 0.29) is 11.8 Å². The topological polar surface area (TPSA) is 69.6 Å². The molecule has 0 aromatic rings. The van der Waals surface area contributed by atoms with Crippen LogP contribution in [0.1, 0.15) is 67.2 Å². The molecule has 5 nitrogen and oxygen atoms in total. The van der Waals surface area contributed by atoms with Crippen LogP contribution in [-0.2, 0) is 9.59 Å². The summed E-state index contributed by atoms with van der Waals surface area (Å²) < 4.78 is 0. The van der Waals surface area contributed by atoms with Crippen LogP contribution in [0.4, 0.5) is 0 Å². The van der Waals surface area contributed by atoms with Crippen LogP contribution < -0.4 is 5.32 Å². The van der Waals surface area contributed by atoms with Gasteiger partial charge in [-0.3, -0.25) is 4.79 Å². The van der Waals surface area contributed by atoms with Gasteiger partial charge in [-0.1, -0.05) is 40.5 Å². The van der Waals surface area contributed by atoms with Gasteiger partial charge in [-0.2, -0.15) is 0 Å². The number of carbonyl (C=O) groups is 2. The van der Waals surface area contributed by atoms with Gasteiger partial charge in [0.2, 0.25) is 5.91 Å². The molecular weight excluding hydrogens is 292 g/mol. The van der Waals surface area contributed by atoms with E-state index in [4.69, 9.17) is 0 Å². The Hall–Kier alpha value is -1.10. The van der Waals surface area contributed by atoms with Crippen LogP contribution in [0.3, 0.4) is 0 Å². The first-order valence-corrected chi connectivity index (χ1v) is 8.91. The summed E-state index contributed by atoms with van der Waals surface area (Å²) in [6.07, 6.45) is 4.49. The third-order valence-corrected chi connectivity index (χ3v) is 4.11. The maximum Gasteiger partial charge on any atom is 0.326 e. The van der Waals surface area contributed by atoms with Crippen LogP contribution in [0.15, 0.2) is 0 Å². The fourth-order valence-corrected chi connectivity index (χ4v) is 2.51. The predicted octanol–water partition coefficient (Wildman–Crippen LogP) is 3.14. The number of nitrogens with zero attached hydrogens (tertiary/aromatic N) is 1. The number of rotatable bonds is 12. The minimum atomic E-state index is -0.974. The summed E-state index contributed by atoms with van der Waals surface area (Å²) in [7, 11) is 0. The maximum absolute atomic E-state index is 12.6. The van der Waals surface area contributed by atoms with Gasteiger partial charge < -0.3 is 15.3 Å². The first kappa shape index (κ1) is 21.9. The third kappa shape index (κ3) is 8.35. The van der Waals surface area contributed by atoms with Gasteiger partial charge in [0.05, 0.1) is 5.41 Å². The molecule has 0 saturated carbocycles. The van der Waals surface area contributed by atoms with E-state index >= 15 is 0 Å². The van der Waals surface area contributed by atoms with E-state index in [0.29, 0.717) is 6.54 Å². The SMILES string of the molecule is CCCCN(CCCC)CC(C)(C)C(=O)NC(C(=O)O)C(C)C. The van der Waals surface area contributed by atoms with E-state index in [9.17, 15) is 14.7 Å². The molecule has 136 valence electrons. The van der Waals surface area contributed by atoms with Gasteiger partial charge in [-0.15, -0.1) is 0 Å². The van der Waals surface area contributed by atoms with Crippen molar-refractivity contribution in [2.24, 2.45) is 11.3 Å². The van der Waals surface area contributed by atoms with E-state index in [1.807, 2.05) is 13.8 Å². The average molecular weight is 328 g/mol. The highest BCUT2D eigenvalue weighted by Crippen LogP contribution is 2.19. The number of carbonyl (C=O) groups excluding carboxylic acids is 1. The minimum absolute atomic E-state index is 0.136. The van der Waals surface area contributed by atoms with Gasteiger partial charge >= 0.3 is 5.97 Å². The molecule has 0 heterocycles. The molecule has 0 saturated heterocycles. The van der Waals surface area contributed by atoms with Crippen LogP contribution >= 0.6 is 0 Å². The minimum Gasteiger partial charge on any atom is -0.480 e. The van der Waals surface area contributed by atoms with Crippen LogP contribution in [0.25, 0.3) is 0 Å². The van der Waals surface area contributed by atoms with E-state index in [1.54, 1.807) is 13.8 Å². The van der Waals surface area contributed by atoms with Crippen molar-refractivity contribution in [2.75, 3.05) is 19.6 Å². The lowest BCUT2D eigenvalue weighted by Gasteiger charge is -2.33. The normalized spacial score (nSPS) is 13.4. The summed E-state index contributed by atoms with van der Waals surface area (Å²) in [4.78, 5) is 26.2. The van der Waals surface area contributed by atoms with Crippen LogP contribution in [0.5, 0.6) is 0 Å². The Morgan fingerprint density at radius 1 is 1.09 bits per heavy atom. The van der Waals surface area contributed by atoms with Crippen LogP contribution in [-0.4, -0.2) is 47.6 Å². The second kappa shape index (κ2) is 10.6. The summed E-state index contributed by atoms with van der Waals surface area (Å²) in [6.45, 7) is 14.4. The van der Waals surface area contributed by atoms with Gasteiger partial charge in [-0.25, -0.2) is 4.79 Å². The standard InChI is InChI=1S/C18H36N2O3/c1-7-9-11-20(12-10-8-2)13-18(5,6)17(23)19-15(14(3)4)16(21)22/h14-15H,7-13H2,1-6H3,(H,19,23)(H,21,22). The van der Waals surface area contributed by atoms with Gasteiger partial charge in [0, 0.05) is 6.54 Å². The molecule has 0 aromatic heterocycles. The van der Waals surface area contributed by atoms with E-state index in [0.717, 1.165) is 38.8 Å². The number of amides is 1. The summed E-state index contributed by atoms with van der Waals surface area (Å²) in [5.41, 5.74) is -0.607. The quantitative estimate of drug-likeness (QED) is 0.577. The Labute approximate surface area is 141 Å². The molecule has 0 rings (SSSR count). The fraction of sp³-hybridized carbons (Fsp3) is 0.889. The lowest BCUT2D eigenvalue weighted by molar-refractivity contribution is -0.145. The predicted molar refractivity (Wildman–Crippen MR) is 94.4 cm³/mol. The van der Waals surface area contributed by atoms with E-state index < -0.39 is 17.4 Å². The summed E-state index contributed by atoms with van der Waals surface area (Å²) in [5.74, 6) is -1.29. The lowest BCUT2D eigenvalue weighted by atomic mass is 9.90. The zero-order valence-corrected chi connectivity index (χ0v) is 15.8. The summed E-state index contributed by atoms with van der Waals surface area (Å²) >= 11 is 0. The van der Waals surface area contributed by atoms with Gasteiger partial charge in [0.1, 0.15) is 6.04 Å². The Morgan fingerprint density at radius 2 is 1.57 bits per heavy atom. The highest BCUT2D eigenvalue weighted by Gasteiger charge is 2.33. The first-order chi connectivity index (χ1) is 10.7. The van der Waals surface area contributed by atoms with Crippen LogP contribution in [0.2, 0.25) is 0 Å². The summed E-state index contributed by atoms with van der Waals surface area (Å²) in [5, 5.41) is 12.0. The average Bonchev–Trinajstić information content (AvgIpc) is 2.46. The lowest BCUT2D eigenvalue weighted by Crippen LogP contribution is -2.52. The number of aliphatic carboxylic acids is 1. The second-order valence-corrected chi connectivity index (χ2v) is 7.40. The number of hydrogen-bond donors (Lipinski definition) is 2. The zero-order valence-electron chi connectivity index (χ0n) is 15.8. The fourth-order valence-electron chi connectivity index (χ4n) is 2.51. The Morgan fingerprint density at radius 3 is 1.91 bits per heavy atom. The van der Waals surface area contributed by atoms with Crippen molar-refractivity contribution >= 4 is 11.9 Å². The van der Waals surface area contributed by atoms with Gasteiger partial charge in [-0.05, 0) is 45.7 Å². The monoisotopic (exact) mass is 328 g/mol. The van der Waals surface area contributed by atoms with Crippen molar-refractivity contribution in [3.05, 3.63) is 0 Å². The molecule has 23 heavy (non-hydrogen) atoms. The van der Waals surface area contributed by atoms with E-state index in [1.165, 1.54) is 0 Å². The number of carboxylic acids is 1. The molecule has 0 spiro atoms. The number of nitrogens with one attached hydrogen (secondary N) is 1. The van der Waals surface area contributed by atoms with Gasteiger partial charge in [0.15, 0.2) is 0 Å². The Balaban J connectivity index is 4.83. The van der Waals surface area contributed by atoms with Crippen molar-refractivity contribution in [1.82, 2.24) is 10.2 Å². The van der Waals surface area contributed by atoms with Crippen molar-refractivity contribution in [1.29, 1.82) is 0 Å². The van der Waals surface area contributed by atoms with Gasteiger partial charge in [0.25, 0.3) is 0 Å². The highest BCUT2D eigenvalue weighted by molar-refractivity contribution is 5.87. The molecule has 0 aliphatic carbocycles. The number of unbranched alkanes of at least 4 members (excludes halogenated alkanes) is 2. The van der Waals surface area contributed by atoms with Crippen LogP contribution in [0, 0.1) is 11.3 Å². The molecule has 0 aliphatic heterocycles.